The van der Waals surface area contributed by atoms with Crippen LogP contribution in [-0.2, 0) is 30.3 Å². The maximum Gasteiger partial charge on any atom is 0.329 e. The van der Waals surface area contributed by atoms with Gasteiger partial charge in [0.05, 0.1) is 0 Å². The minimum Gasteiger partial charge on any atom is -0.458 e. The van der Waals surface area contributed by atoms with Crippen LogP contribution in [0.15, 0.2) is 30.3 Å². The van der Waals surface area contributed by atoms with E-state index >= 15 is 0 Å². The number of esters is 2. The van der Waals surface area contributed by atoms with E-state index in [9.17, 15) is 14.4 Å². The first-order valence-corrected chi connectivity index (χ1v) is 9.13. The molecule has 2 atom stereocenters. The lowest BCUT2D eigenvalue weighted by atomic mass is 10.0. The van der Waals surface area contributed by atoms with E-state index in [0.29, 0.717) is 6.42 Å². The fourth-order valence-corrected chi connectivity index (χ4v) is 2.59. The fraction of sp³-hybridized carbons (Fsp3) is 0.571. The Balaban J connectivity index is 3.13. The van der Waals surface area contributed by atoms with Gasteiger partial charge in [0.1, 0.15) is 11.6 Å². The molecule has 0 N–H and O–H groups in total. The van der Waals surface area contributed by atoms with Crippen molar-refractivity contribution in [1.82, 2.24) is 4.90 Å². The quantitative estimate of drug-likeness (QED) is 0.683. The van der Waals surface area contributed by atoms with Gasteiger partial charge in [-0.1, -0.05) is 44.2 Å². The van der Waals surface area contributed by atoms with Gasteiger partial charge in [0, 0.05) is 20.4 Å². The van der Waals surface area contributed by atoms with Crippen LogP contribution in [0, 0.1) is 5.92 Å². The lowest BCUT2D eigenvalue weighted by Crippen LogP contribution is -2.51. The zero-order valence-corrected chi connectivity index (χ0v) is 17.3. The molecule has 0 saturated carbocycles. The minimum atomic E-state index is -0.951. The largest absolute Gasteiger partial charge is 0.458 e. The van der Waals surface area contributed by atoms with E-state index in [0.717, 1.165) is 5.56 Å². The molecule has 0 aromatic heterocycles. The fourth-order valence-electron chi connectivity index (χ4n) is 2.59. The summed E-state index contributed by atoms with van der Waals surface area (Å²) in [4.78, 5) is 38.5. The molecule has 0 radical (unpaired) electrons. The lowest BCUT2D eigenvalue weighted by Gasteiger charge is -2.33. The van der Waals surface area contributed by atoms with Gasteiger partial charge in [0.2, 0.25) is 0 Å². The van der Waals surface area contributed by atoms with Gasteiger partial charge in [-0.15, -0.1) is 0 Å². The van der Waals surface area contributed by atoms with Crippen LogP contribution in [0.2, 0.25) is 0 Å². The zero-order valence-electron chi connectivity index (χ0n) is 17.3. The van der Waals surface area contributed by atoms with Gasteiger partial charge in [-0.25, -0.2) is 4.79 Å². The molecule has 0 saturated heterocycles. The van der Waals surface area contributed by atoms with Gasteiger partial charge in [0.15, 0.2) is 6.10 Å². The molecule has 6 nitrogen and oxygen atoms in total. The van der Waals surface area contributed by atoms with Crippen molar-refractivity contribution in [2.75, 3.05) is 7.05 Å². The molecule has 0 heterocycles. The van der Waals surface area contributed by atoms with Crippen LogP contribution in [0.25, 0.3) is 0 Å². The highest BCUT2D eigenvalue weighted by Crippen LogP contribution is 2.18. The topological polar surface area (TPSA) is 72.9 Å². The van der Waals surface area contributed by atoms with Crippen LogP contribution in [0.3, 0.4) is 0 Å². The smallest absolute Gasteiger partial charge is 0.329 e. The number of likely N-dealkylation sites (N-methyl/N-ethyl adjacent to an activating group) is 1. The summed E-state index contributed by atoms with van der Waals surface area (Å²) in [6.07, 6.45) is -0.642. The predicted molar refractivity (Wildman–Crippen MR) is 103 cm³/mol. The van der Waals surface area contributed by atoms with Crippen molar-refractivity contribution < 1.29 is 23.9 Å². The number of carbonyl (C=O) groups is 3. The third-order valence-electron chi connectivity index (χ3n) is 3.91. The van der Waals surface area contributed by atoms with Crippen molar-refractivity contribution in [2.45, 2.75) is 65.7 Å². The number of nitrogens with zero attached hydrogens (tertiary/aromatic N) is 1. The SMILES string of the molecule is CC(=O)O[C@H](C(=O)N(C)[C@H](Cc1ccccc1)C(=O)OC(C)(C)C)C(C)C. The Kier molecular flexibility index (Phi) is 8.00. The summed E-state index contributed by atoms with van der Waals surface area (Å²) in [5, 5.41) is 0. The van der Waals surface area contributed by atoms with Crippen LogP contribution >= 0.6 is 0 Å². The molecular weight excluding hydrogens is 346 g/mol. The lowest BCUT2D eigenvalue weighted by molar-refractivity contribution is -0.169. The van der Waals surface area contributed by atoms with Crippen LogP contribution < -0.4 is 0 Å². The maximum atomic E-state index is 13.0. The van der Waals surface area contributed by atoms with Gasteiger partial charge in [-0.3, -0.25) is 9.59 Å². The predicted octanol–water partition coefficient (Wildman–Crippen LogP) is 2.99. The second-order valence-electron chi connectivity index (χ2n) is 7.96. The van der Waals surface area contributed by atoms with E-state index in [1.807, 2.05) is 30.3 Å². The van der Waals surface area contributed by atoms with Crippen molar-refractivity contribution in [3.05, 3.63) is 35.9 Å². The second kappa shape index (κ2) is 9.53. The molecule has 6 heteroatoms. The highest BCUT2D eigenvalue weighted by atomic mass is 16.6. The minimum absolute atomic E-state index is 0.222. The Morgan fingerprint density at radius 3 is 2.07 bits per heavy atom. The highest BCUT2D eigenvalue weighted by molar-refractivity contribution is 5.88. The Morgan fingerprint density at radius 1 is 1.07 bits per heavy atom. The van der Waals surface area contributed by atoms with Crippen molar-refractivity contribution in [3.63, 3.8) is 0 Å². The second-order valence-corrected chi connectivity index (χ2v) is 7.96. The Labute approximate surface area is 161 Å². The summed E-state index contributed by atoms with van der Waals surface area (Å²) in [6.45, 7) is 10.2. The first kappa shape index (κ1) is 22.7. The van der Waals surface area contributed by atoms with Crippen molar-refractivity contribution in [3.8, 4) is 0 Å². The van der Waals surface area contributed by atoms with Crippen molar-refractivity contribution in [2.24, 2.45) is 5.92 Å². The molecule has 1 rings (SSSR count). The van der Waals surface area contributed by atoms with Gasteiger partial charge < -0.3 is 14.4 Å². The summed E-state index contributed by atoms with van der Waals surface area (Å²) >= 11 is 0. The number of hydrogen-bond donors (Lipinski definition) is 0. The first-order valence-electron chi connectivity index (χ1n) is 9.13. The third-order valence-corrected chi connectivity index (χ3v) is 3.91. The number of hydrogen-bond acceptors (Lipinski definition) is 5. The van der Waals surface area contributed by atoms with E-state index in [4.69, 9.17) is 9.47 Å². The summed E-state index contributed by atoms with van der Waals surface area (Å²) in [5.41, 5.74) is 0.227. The third kappa shape index (κ3) is 7.41. The molecule has 1 aromatic rings. The number of ether oxygens (including phenoxy) is 2. The molecule has 150 valence electrons. The van der Waals surface area contributed by atoms with Crippen molar-refractivity contribution >= 4 is 17.8 Å². The molecule has 0 fully saturated rings. The molecule has 0 spiro atoms. The summed E-state index contributed by atoms with van der Waals surface area (Å²) in [6, 6.07) is 8.59. The maximum absolute atomic E-state index is 13.0. The molecule has 27 heavy (non-hydrogen) atoms. The highest BCUT2D eigenvalue weighted by Gasteiger charge is 2.36. The molecular formula is C21H31NO5. The standard InChI is InChI=1S/C21H31NO5/c1-14(2)18(26-15(3)23)19(24)22(7)17(20(25)27-21(4,5)6)13-16-11-9-8-10-12-16/h8-12,14,17-18H,13H2,1-7H3/t17-,18+/m1/s1. The summed E-state index contributed by atoms with van der Waals surface area (Å²) in [7, 11) is 1.54. The van der Waals surface area contributed by atoms with Gasteiger partial charge in [-0.2, -0.15) is 0 Å². The Bertz CT molecular complexity index is 648. The Morgan fingerprint density at radius 2 is 1.63 bits per heavy atom. The van der Waals surface area contributed by atoms with E-state index in [1.165, 1.54) is 11.8 Å². The number of amides is 1. The van der Waals surface area contributed by atoms with Crippen LogP contribution in [-0.4, -0.2) is 47.5 Å². The van der Waals surface area contributed by atoms with Gasteiger partial charge >= 0.3 is 11.9 Å². The number of rotatable bonds is 7. The first-order chi connectivity index (χ1) is 12.4. The van der Waals surface area contributed by atoms with E-state index in [1.54, 1.807) is 41.7 Å². The number of benzene rings is 1. The van der Waals surface area contributed by atoms with Gasteiger partial charge in [-0.05, 0) is 32.3 Å². The Hall–Kier alpha value is -2.37. The molecule has 0 unspecified atom stereocenters. The van der Waals surface area contributed by atoms with Crippen LogP contribution in [0.5, 0.6) is 0 Å². The normalized spacial score (nSPS) is 13.6. The van der Waals surface area contributed by atoms with E-state index in [2.05, 4.69) is 0 Å². The van der Waals surface area contributed by atoms with Crippen molar-refractivity contribution in [1.29, 1.82) is 0 Å². The molecule has 0 aliphatic heterocycles. The molecule has 1 amide bonds. The molecule has 1 aromatic carbocycles. The number of carbonyl (C=O) groups excluding carboxylic acids is 3. The van der Waals surface area contributed by atoms with Crippen LogP contribution in [0.1, 0.15) is 47.1 Å². The van der Waals surface area contributed by atoms with E-state index in [-0.39, 0.29) is 5.92 Å². The zero-order chi connectivity index (χ0) is 20.8. The molecule has 0 bridgehead atoms. The summed E-state index contributed by atoms with van der Waals surface area (Å²) < 4.78 is 10.7. The summed E-state index contributed by atoms with van der Waals surface area (Å²) in [5.74, 6) is -1.67. The monoisotopic (exact) mass is 377 g/mol. The van der Waals surface area contributed by atoms with Crippen LogP contribution in [0.4, 0.5) is 0 Å². The van der Waals surface area contributed by atoms with Gasteiger partial charge in [0.25, 0.3) is 5.91 Å². The average molecular weight is 377 g/mol. The molecule has 0 aliphatic rings. The molecule has 0 aliphatic carbocycles. The van der Waals surface area contributed by atoms with E-state index < -0.39 is 35.6 Å². The average Bonchev–Trinajstić information content (AvgIpc) is 2.55.